The van der Waals surface area contributed by atoms with Crippen molar-refractivity contribution in [3.8, 4) is 0 Å². The minimum atomic E-state index is -0.811. The number of carbonyl (C=O) groups excluding carboxylic acids is 3. The van der Waals surface area contributed by atoms with E-state index in [-0.39, 0.29) is 37.5 Å². The molecule has 0 saturated carbocycles. The van der Waals surface area contributed by atoms with E-state index in [1.54, 1.807) is 0 Å². The lowest BCUT2D eigenvalue weighted by atomic mass is 10.0. The molecule has 0 fully saturated rings. The molecule has 0 aliphatic heterocycles. The number of unbranched alkanes of at least 4 members (excludes halogenated alkanes) is 21. The summed E-state index contributed by atoms with van der Waals surface area (Å²) in [6.07, 6.45) is 92.8. The van der Waals surface area contributed by atoms with Crippen LogP contribution in [0.1, 0.15) is 271 Å². The first-order valence-corrected chi connectivity index (χ1v) is 31.8. The Morgan fingerprint density at radius 3 is 0.808 bits per heavy atom. The van der Waals surface area contributed by atoms with E-state index in [9.17, 15) is 14.4 Å². The van der Waals surface area contributed by atoms with Crippen LogP contribution in [-0.4, -0.2) is 37.2 Å². The van der Waals surface area contributed by atoms with Crippen molar-refractivity contribution in [2.24, 2.45) is 0 Å². The number of allylic oxidation sites excluding steroid dienone is 24. The molecule has 1 unspecified atom stereocenters. The maximum absolute atomic E-state index is 12.9. The second kappa shape index (κ2) is 64.8. The highest BCUT2D eigenvalue weighted by Gasteiger charge is 2.19. The first-order valence-electron chi connectivity index (χ1n) is 31.8. The zero-order chi connectivity index (χ0) is 56.4. The van der Waals surface area contributed by atoms with E-state index in [4.69, 9.17) is 14.2 Å². The standard InChI is InChI=1S/C72H116O6/c1-4-7-10-13-16-19-22-25-28-29-30-31-32-33-34-35-36-37-38-39-40-41-42-43-45-47-50-53-56-59-62-65-71(74)77-68-69(67-76-70(73)64-61-58-55-52-49-46-27-24-21-18-15-12-9-6-3)78-72(75)66-63-60-57-54-51-48-44-26-23-20-17-14-11-8-5-2/h7-8,10-11,16-17,19-20,25-26,28,30-31,33-34,36-37,39-40,42-44,51,54,69H,4-6,9,12-15,18,21-24,27,29,32,35,38,41,45-50,52-53,55-68H2,1-3H3/b10-7-,11-8-,19-16-,20-17-,28-25-,31-30-,34-33-,37-36-,40-39-,43-42-,44-26-,54-51-. The van der Waals surface area contributed by atoms with Gasteiger partial charge in [-0.25, -0.2) is 0 Å². The van der Waals surface area contributed by atoms with Crippen LogP contribution in [-0.2, 0) is 28.6 Å². The van der Waals surface area contributed by atoms with E-state index < -0.39 is 6.10 Å². The van der Waals surface area contributed by atoms with Crippen LogP contribution in [0.4, 0.5) is 0 Å². The Labute approximate surface area is 480 Å². The zero-order valence-corrected chi connectivity index (χ0v) is 50.4. The van der Waals surface area contributed by atoms with Crippen molar-refractivity contribution in [2.75, 3.05) is 13.2 Å². The molecule has 6 heteroatoms. The number of rotatable bonds is 56. The second-order valence-corrected chi connectivity index (χ2v) is 20.6. The summed E-state index contributed by atoms with van der Waals surface area (Å²) in [7, 11) is 0. The average molecular weight is 1080 g/mol. The summed E-state index contributed by atoms with van der Waals surface area (Å²) in [4.78, 5) is 38.2. The molecule has 0 saturated heterocycles. The van der Waals surface area contributed by atoms with Crippen molar-refractivity contribution >= 4 is 17.9 Å². The van der Waals surface area contributed by atoms with Crippen LogP contribution in [0.5, 0.6) is 0 Å². The number of hydrogen-bond acceptors (Lipinski definition) is 6. The van der Waals surface area contributed by atoms with Gasteiger partial charge in [0.25, 0.3) is 0 Å². The van der Waals surface area contributed by atoms with Crippen LogP contribution in [0.3, 0.4) is 0 Å². The lowest BCUT2D eigenvalue weighted by Crippen LogP contribution is -2.30. The van der Waals surface area contributed by atoms with E-state index in [0.717, 1.165) is 141 Å². The molecule has 0 bridgehead atoms. The Morgan fingerprint density at radius 2 is 0.500 bits per heavy atom. The topological polar surface area (TPSA) is 78.9 Å². The molecule has 0 aromatic rings. The minimum Gasteiger partial charge on any atom is -0.462 e. The summed E-state index contributed by atoms with van der Waals surface area (Å²) in [6, 6.07) is 0. The quantitative estimate of drug-likeness (QED) is 0.0261. The van der Waals surface area contributed by atoms with Gasteiger partial charge in [0.2, 0.25) is 0 Å². The maximum atomic E-state index is 12.9. The maximum Gasteiger partial charge on any atom is 0.306 e. The molecular formula is C72H116O6. The molecule has 0 rings (SSSR count). The normalized spacial score (nSPS) is 13.1. The molecule has 0 heterocycles. The molecule has 0 amide bonds. The van der Waals surface area contributed by atoms with Crippen molar-refractivity contribution in [1.29, 1.82) is 0 Å². The van der Waals surface area contributed by atoms with Gasteiger partial charge in [0.1, 0.15) is 13.2 Å². The van der Waals surface area contributed by atoms with E-state index in [2.05, 4.69) is 167 Å². The Kier molecular flexibility index (Phi) is 60.9. The van der Waals surface area contributed by atoms with Gasteiger partial charge in [-0.05, 0) is 122 Å². The third-order valence-corrected chi connectivity index (χ3v) is 13.1. The van der Waals surface area contributed by atoms with E-state index in [1.165, 1.54) is 83.5 Å². The molecule has 0 aliphatic carbocycles. The molecule has 0 spiro atoms. The van der Waals surface area contributed by atoms with E-state index >= 15 is 0 Å². The highest BCUT2D eigenvalue weighted by Crippen LogP contribution is 2.15. The lowest BCUT2D eigenvalue weighted by molar-refractivity contribution is -0.167. The van der Waals surface area contributed by atoms with Crippen LogP contribution in [0.15, 0.2) is 146 Å². The Morgan fingerprint density at radius 1 is 0.269 bits per heavy atom. The predicted octanol–water partition coefficient (Wildman–Crippen LogP) is 21.9. The van der Waals surface area contributed by atoms with E-state index in [1.807, 2.05) is 0 Å². The number of hydrogen-bond donors (Lipinski definition) is 0. The molecule has 0 radical (unpaired) electrons. The highest BCUT2D eigenvalue weighted by atomic mass is 16.6. The molecule has 440 valence electrons. The number of carbonyl (C=O) groups is 3. The lowest BCUT2D eigenvalue weighted by Gasteiger charge is -2.18. The highest BCUT2D eigenvalue weighted by molar-refractivity contribution is 5.71. The van der Waals surface area contributed by atoms with Crippen LogP contribution >= 0.6 is 0 Å². The average Bonchev–Trinajstić information content (AvgIpc) is 3.44. The third-order valence-electron chi connectivity index (χ3n) is 13.1. The number of esters is 3. The van der Waals surface area contributed by atoms with Crippen molar-refractivity contribution in [3.05, 3.63) is 146 Å². The van der Waals surface area contributed by atoms with Crippen molar-refractivity contribution in [2.45, 2.75) is 277 Å². The van der Waals surface area contributed by atoms with Gasteiger partial charge in [-0.1, -0.05) is 276 Å². The van der Waals surface area contributed by atoms with Crippen molar-refractivity contribution in [1.82, 2.24) is 0 Å². The Bertz CT molecular complexity index is 1710. The number of ether oxygens (including phenoxy) is 3. The Balaban J connectivity index is 4.37. The van der Waals surface area contributed by atoms with Crippen molar-refractivity contribution in [3.63, 3.8) is 0 Å². The molecule has 0 aromatic heterocycles. The van der Waals surface area contributed by atoms with Crippen LogP contribution in [0.2, 0.25) is 0 Å². The van der Waals surface area contributed by atoms with Gasteiger partial charge < -0.3 is 14.2 Å². The molecule has 6 nitrogen and oxygen atoms in total. The molecule has 78 heavy (non-hydrogen) atoms. The summed E-state index contributed by atoms with van der Waals surface area (Å²) >= 11 is 0. The summed E-state index contributed by atoms with van der Waals surface area (Å²) < 4.78 is 16.9. The van der Waals surface area contributed by atoms with Gasteiger partial charge in [0.15, 0.2) is 6.10 Å². The zero-order valence-electron chi connectivity index (χ0n) is 50.4. The minimum absolute atomic E-state index is 0.102. The van der Waals surface area contributed by atoms with Crippen LogP contribution in [0.25, 0.3) is 0 Å². The van der Waals surface area contributed by atoms with Gasteiger partial charge in [0.05, 0.1) is 0 Å². The van der Waals surface area contributed by atoms with Crippen LogP contribution < -0.4 is 0 Å². The summed E-state index contributed by atoms with van der Waals surface area (Å²) in [5.74, 6) is -0.959. The fourth-order valence-electron chi connectivity index (χ4n) is 8.39. The summed E-state index contributed by atoms with van der Waals surface area (Å²) in [6.45, 7) is 6.37. The molecule has 0 aromatic carbocycles. The molecule has 1 atom stereocenters. The van der Waals surface area contributed by atoms with Gasteiger partial charge in [-0.15, -0.1) is 0 Å². The van der Waals surface area contributed by atoms with Crippen LogP contribution in [0, 0.1) is 0 Å². The third kappa shape index (κ3) is 62.1. The fraction of sp³-hybridized carbons (Fsp3) is 0.625. The van der Waals surface area contributed by atoms with E-state index in [0.29, 0.717) is 19.3 Å². The summed E-state index contributed by atoms with van der Waals surface area (Å²) in [5.41, 5.74) is 0. The SMILES string of the molecule is CC/C=C\C/C=C\C/C=C\C/C=C\C/C=C\C/C=C\C/C=C\C/C=C\CCCCCCCCC(=O)OCC(COC(=O)CCCCCCCCCCCCCCCC)OC(=O)CCCC/C=C\C/C=C\C/C=C\C/C=C\CC. The molecular weight excluding hydrogens is 961 g/mol. The largest absolute Gasteiger partial charge is 0.462 e. The fourth-order valence-corrected chi connectivity index (χ4v) is 8.39. The monoisotopic (exact) mass is 1080 g/mol. The molecule has 0 N–H and O–H groups in total. The molecule has 0 aliphatic rings. The van der Waals surface area contributed by atoms with Gasteiger partial charge >= 0.3 is 17.9 Å². The predicted molar refractivity (Wildman–Crippen MR) is 339 cm³/mol. The smallest absolute Gasteiger partial charge is 0.306 e. The Hall–Kier alpha value is -4.71. The first kappa shape index (κ1) is 73.3. The van der Waals surface area contributed by atoms with Gasteiger partial charge in [-0.2, -0.15) is 0 Å². The van der Waals surface area contributed by atoms with Gasteiger partial charge in [-0.3, -0.25) is 14.4 Å². The summed E-state index contributed by atoms with van der Waals surface area (Å²) in [5, 5.41) is 0. The van der Waals surface area contributed by atoms with Gasteiger partial charge in [0, 0.05) is 19.3 Å². The second-order valence-electron chi connectivity index (χ2n) is 20.6. The first-order chi connectivity index (χ1) is 38.5. The van der Waals surface area contributed by atoms with Crippen molar-refractivity contribution < 1.29 is 28.6 Å².